The topological polar surface area (TPSA) is 163 Å². The zero-order valence-corrected chi connectivity index (χ0v) is 26.8. The second kappa shape index (κ2) is 13.2. The molecule has 2 aromatic heterocycles. The van der Waals surface area contributed by atoms with Crippen LogP contribution in [0.2, 0.25) is 0 Å². The lowest BCUT2D eigenvalue weighted by Crippen LogP contribution is -2.44. The number of amides is 2. The molecule has 12 heteroatoms. The van der Waals surface area contributed by atoms with Crippen LogP contribution in [-0.2, 0) is 20.5 Å². The number of halogens is 1. The fraction of sp³-hybridized carbons (Fsp3) is 0.361. The van der Waals surface area contributed by atoms with Crippen molar-refractivity contribution in [3.63, 3.8) is 0 Å². The van der Waals surface area contributed by atoms with E-state index in [-0.39, 0.29) is 56.1 Å². The Bertz CT molecular complexity index is 1880. The molecule has 2 atom stereocenters. The van der Waals surface area contributed by atoms with E-state index in [1.165, 1.54) is 12.1 Å². The number of fused-ring (bicyclic) bond motifs is 2. The van der Waals surface area contributed by atoms with E-state index in [0.717, 1.165) is 18.2 Å². The zero-order chi connectivity index (χ0) is 34.1. The molecule has 11 nitrogen and oxygen atoms in total. The molecule has 2 aromatic carbocycles. The van der Waals surface area contributed by atoms with Crippen molar-refractivity contribution >= 4 is 28.7 Å². The molecule has 0 unspecified atom stereocenters. The SMILES string of the molecule is C[C@](O)(CCC(=O)c1cc(OC2CC2)c2ncccc2c1)c1cc2c(c(-c3ccc(F)cc3)n1)OC[C@]2(C)C(=O)NCCCOC(N)=O. The van der Waals surface area contributed by atoms with Gasteiger partial charge in [-0.1, -0.05) is 6.07 Å². The smallest absolute Gasteiger partial charge is 0.404 e. The molecule has 1 fully saturated rings. The second-order valence-corrected chi connectivity index (χ2v) is 12.7. The monoisotopic (exact) mass is 656 g/mol. The molecule has 0 saturated heterocycles. The van der Waals surface area contributed by atoms with Crippen LogP contribution < -0.4 is 20.5 Å². The molecule has 48 heavy (non-hydrogen) atoms. The molecule has 2 amide bonds. The first-order valence-corrected chi connectivity index (χ1v) is 15.9. The fourth-order valence-electron chi connectivity index (χ4n) is 5.70. The molecule has 1 aliphatic carbocycles. The summed E-state index contributed by atoms with van der Waals surface area (Å²) in [5.74, 6) is -0.0488. The molecule has 0 radical (unpaired) electrons. The number of hydrogen-bond acceptors (Lipinski definition) is 9. The molecule has 250 valence electrons. The number of nitrogens with zero attached hydrogens (tertiary/aromatic N) is 2. The third-order valence-corrected chi connectivity index (χ3v) is 8.74. The lowest BCUT2D eigenvalue weighted by Gasteiger charge is -2.26. The van der Waals surface area contributed by atoms with Crippen LogP contribution in [0.1, 0.15) is 67.6 Å². The van der Waals surface area contributed by atoms with Gasteiger partial charge in [-0.05, 0) is 88.1 Å². The van der Waals surface area contributed by atoms with Gasteiger partial charge >= 0.3 is 6.09 Å². The highest BCUT2D eigenvalue weighted by atomic mass is 19.1. The normalized spacial score (nSPS) is 18.0. The number of carbonyl (C=O) groups is 3. The Labute approximate surface area is 276 Å². The Kier molecular flexibility index (Phi) is 9.02. The Balaban J connectivity index is 1.27. The maximum atomic E-state index is 13.9. The summed E-state index contributed by atoms with van der Waals surface area (Å²) >= 11 is 0. The number of benzene rings is 2. The molecule has 1 saturated carbocycles. The zero-order valence-electron chi connectivity index (χ0n) is 26.8. The molecule has 3 heterocycles. The van der Waals surface area contributed by atoms with E-state index >= 15 is 0 Å². The summed E-state index contributed by atoms with van der Waals surface area (Å²) < 4.78 is 30.7. The largest absolute Gasteiger partial charge is 0.489 e. The predicted octanol–water partition coefficient (Wildman–Crippen LogP) is 5.10. The van der Waals surface area contributed by atoms with Crippen molar-refractivity contribution in [1.29, 1.82) is 0 Å². The first-order chi connectivity index (χ1) is 22.9. The average molecular weight is 657 g/mol. The highest BCUT2D eigenvalue weighted by Gasteiger charge is 2.46. The number of aliphatic hydroxyl groups is 1. The number of pyridine rings is 2. The van der Waals surface area contributed by atoms with Crippen LogP contribution in [0.25, 0.3) is 22.2 Å². The standard InChI is InChI=1S/C36H37FN4O7/c1-35(33(43)40-15-4-16-46-34(38)44)20-47-32-26(35)19-29(41-31(32)21-6-8-24(37)9-7-21)36(2,45)13-12-27(42)23-17-22-5-3-14-39-30(22)28(18-23)48-25-10-11-25/h3,5-9,14,17-19,25,45H,4,10-13,15-16,20H2,1-2H3,(H2,38,44)(H,40,43)/t35-,36-/m0/s1. The molecule has 4 N–H and O–H groups in total. The third kappa shape index (κ3) is 6.93. The molecule has 0 bridgehead atoms. The van der Waals surface area contributed by atoms with Crippen LogP contribution in [0.4, 0.5) is 9.18 Å². The van der Waals surface area contributed by atoms with E-state index in [1.54, 1.807) is 56.4 Å². The van der Waals surface area contributed by atoms with Crippen LogP contribution in [0.5, 0.6) is 11.5 Å². The van der Waals surface area contributed by atoms with Crippen LogP contribution in [0, 0.1) is 5.82 Å². The molecular weight excluding hydrogens is 619 g/mol. The van der Waals surface area contributed by atoms with Gasteiger partial charge in [0.15, 0.2) is 5.78 Å². The van der Waals surface area contributed by atoms with Gasteiger partial charge in [-0.15, -0.1) is 0 Å². The molecule has 1 aliphatic heterocycles. The van der Waals surface area contributed by atoms with Gasteiger partial charge in [0.05, 0.1) is 18.4 Å². The van der Waals surface area contributed by atoms with Crippen LogP contribution in [0.15, 0.2) is 60.8 Å². The minimum Gasteiger partial charge on any atom is -0.489 e. The number of ketones is 1. The van der Waals surface area contributed by atoms with Gasteiger partial charge in [-0.25, -0.2) is 14.2 Å². The number of hydrogen-bond donors (Lipinski definition) is 3. The van der Waals surface area contributed by atoms with Crippen molar-refractivity contribution in [2.45, 2.75) is 63.1 Å². The first-order valence-electron chi connectivity index (χ1n) is 15.9. The number of nitrogens with one attached hydrogen (secondary N) is 1. The minimum atomic E-state index is -1.60. The summed E-state index contributed by atoms with van der Waals surface area (Å²) in [5, 5.41) is 15.5. The number of primary amides is 1. The van der Waals surface area contributed by atoms with Gasteiger partial charge in [-0.2, -0.15) is 0 Å². The molecule has 6 rings (SSSR count). The molecular formula is C36H37FN4O7. The van der Waals surface area contributed by atoms with Gasteiger partial charge in [0.25, 0.3) is 0 Å². The lowest BCUT2D eigenvalue weighted by molar-refractivity contribution is -0.126. The Morgan fingerprint density at radius 2 is 1.94 bits per heavy atom. The lowest BCUT2D eigenvalue weighted by atomic mass is 9.81. The van der Waals surface area contributed by atoms with Gasteiger partial charge < -0.3 is 30.4 Å². The Hall–Kier alpha value is -5.10. The quantitative estimate of drug-likeness (QED) is 0.131. The van der Waals surface area contributed by atoms with Crippen molar-refractivity contribution in [3.05, 3.63) is 83.4 Å². The first kappa shape index (κ1) is 32.8. The highest BCUT2D eigenvalue weighted by Crippen LogP contribution is 2.46. The van der Waals surface area contributed by atoms with E-state index in [1.807, 2.05) is 6.07 Å². The van der Waals surface area contributed by atoms with Crippen molar-refractivity contribution in [3.8, 4) is 22.8 Å². The summed E-state index contributed by atoms with van der Waals surface area (Å²) in [4.78, 5) is 47.1. The van der Waals surface area contributed by atoms with Crippen molar-refractivity contribution < 1.29 is 38.1 Å². The molecule has 2 aliphatic rings. The molecule has 4 aromatic rings. The second-order valence-electron chi connectivity index (χ2n) is 12.7. The predicted molar refractivity (Wildman–Crippen MR) is 174 cm³/mol. The summed E-state index contributed by atoms with van der Waals surface area (Å²) in [6.45, 7) is 3.56. The van der Waals surface area contributed by atoms with Crippen LogP contribution >= 0.6 is 0 Å². The highest BCUT2D eigenvalue weighted by molar-refractivity contribution is 6.01. The van der Waals surface area contributed by atoms with Crippen LogP contribution in [-0.4, -0.2) is 58.7 Å². The van der Waals surface area contributed by atoms with Crippen molar-refractivity contribution in [2.24, 2.45) is 5.73 Å². The summed E-state index contributed by atoms with van der Waals surface area (Å²) in [7, 11) is 0. The summed E-state index contributed by atoms with van der Waals surface area (Å²) in [5.41, 5.74) is 4.97. The summed E-state index contributed by atoms with van der Waals surface area (Å²) in [6, 6.07) is 14.5. The summed E-state index contributed by atoms with van der Waals surface area (Å²) in [6.07, 6.45) is 3.20. The van der Waals surface area contributed by atoms with Gasteiger partial charge in [0.1, 0.15) is 46.1 Å². The number of carbonyl (C=O) groups excluding carboxylic acids is 3. The minimum absolute atomic E-state index is 0.00596. The third-order valence-electron chi connectivity index (χ3n) is 8.74. The average Bonchev–Trinajstić information content (AvgIpc) is 3.82. The number of ether oxygens (including phenoxy) is 3. The fourth-order valence-corrected chi connectivity index (χ4v) is 5.70. The molecule has 0 spiro atoms. The van der Waals surface area contributed by atoms with E-state index < -0.39 is 22.9 Å². The van der Waals surface area contributed by atoms with E-state index in [4.69, 9.17) is 24.9 Å². The maximum Gasteiger partial charge on any atom is 0.404 e. The van der Waals surface area contributed by atoms with E-state index in [9.17, 15) is 23.9 Å². The Morgan fingerprint density at radius 3 is 2.67 bits per heavy atom. The van der Waals surface area contributed by atoms with E-state index in [2.05, 4.69) is 10.3 Å². The number of rotatable bonds is 13. The maximum absolute atomic E-state index is 13.9. The van der Waals surface area contributed by atoms with E-state index in [0.29, 0.717) is 45.8 Å². The van der Waals surface area contributed by atoms with Gasteiger partial charge in [0.2, 0.25) is 5.91 Å². The van der Waals surface area contributed by atoms with Gasteiger partial charge in [-0.3, -0.25) is 14.6 Å². The number of aromatic nitrogens is 2. The van der Waals surface area contributed by atoms with Crippen LogP contribution in [0.3, 0.4) is 0 Å². The number of Topliss-reactive ketones (excluding diaryl/α,β-unsaturated/α-hetero) is 1. The van der Waals surface area contributed by atoms with Crippen molar-refractivity contribution in [2.75, 3.05) is 19.8 Å². The van der Waals surface area contributed by atoms with Gasteiger partial charge in [0, 0.05) is 41.2 Å². The number of nitrogens with two attached hydrogens (primary N) is 1. The van der Waals surface area contributed by atoms with Crippen molar-refractivity contribution in [1.82, 2.24) is 15.3 Å². The Morgan fingerprint density at radius 1 is 1.17 bits per heavy atom.